The third kappa shape index (κ3) is 4.42. The molecule has 6 heteroatoms. The third-order valence-corrected chi connectivity index (χ3v) is 7.26. The van der Waals surface area contributed by atoms with Crippen LogP contribution in [0.15, 0.2) is 18.2 Å². The van der Waals surface area contributed by atoms with Gasteiger partial charge < -0.3 is 4.90 Å². The Bertz CT molecular complexity index is 730. The lowest BCUT2D eigenvalue weighted by Gasteiger charge is -2.22. The molecule has 1 aromatic rings. The number of aryl methyl sites for hydroxylation is 2. The Labute approximate surface area is 151 Å². The lowest BCUT2D eigenvalue weighted by Crippen LogP contribution is -2.38. The normalized spacial score (nSPS) is 18.8. The van der Waals surface area contributed by atoms with Gasteiger partial charge in [0.25, 0.3) is 0 Å². The van der Waals surface area contributed by atoms with E-state index in [4.69, 9.17) is 0 Å². The number of benzene rings is 1. The zero-order valence-electron chi connectivity index (χ0n) is 15.0. The Morgan fingerprint density at radius 2 is 1.84 bits per heavy atom. The Morgan fingerprint density at radius 1 is 1.04 bits per heavy atom. The zero-order chi connectivity index (χ0) is 17.9. The van der Waals surface area contributed by atoms with Gasteiger partial charge in [0.15, 0.2) is 0 Å². The molecule has 1 aliphatic carbocycles. The van der Waals surface area contributed by atoms with Gasteiger partial charge in [-0.05, 0) is 48.8 Å². The Hall–Kier alpha value is -1.40. The minimum absolute atomic E-state index is 0.104. The molecular formula is C19H28N2O3S. The highest BCUT2D eigenvalue weighted by molar-refractivity contribution is 7.89. The van der Waals surface area contributed by atoms with Gasteiger partial charge in [-0.3, -0.25) is 4.79 Å². The van der Waals surface area contributed by atoms with Crippen molar-refractivity contribution in [2.75, 3.05) is 31.9 Å². The van der Waals surface area contributed by atoms with Crippen molar-refractivity contribution in [1.82, 2.24) is 9.21 Å². The fraction of sp³-hybridized carbons (Fsp3) is 0.632. The molecule has 138 valence electrons. The SMILES string of the molecule is CCCS(=O)(=O)N1CCCN(C(=O)Cc2ccc3c(c2)CCC3)CC1. The van der Waals surface area contributed by atoms with Gasteiger partial charge in [-0.1, -0.05) is 25.1 Å². The van der Waals surface area contributed by atoms with E-state index < -0.39 is 10.0 Å². The first kappa shape index (κ1) is 18.4. The van der Waals surface area contributed by atoms with Crippen LogP contribution in [0, 0.1) is 0 Å². The average Bonchev–Trinajstić information content (AvgIpc) is 2.88. The summed E-state index contributed by atoms with van der Waals surface area (Å²) in [5, 5.41) is 0. The largest absolute Gasteiger partial charge is 0.341 e. The first-order valence-electron chi connectivity index (χ1n) is 9.36. The van der Waals surface area contributed by atoms with Crippen LogP contribution in [0.3, 0.4) is 0 Å². The molecule has 3 rings (SSSR count). The van der Waals surface area contributed by atoms with Gasteiger partial charge in [0, 0.05) is 26.2 Å². The number of rotatable bonds is 5. The molecule has 0 aromatic heterocycles. The van der Waals surface area contributed by atoms with Crippen LogP contribution in [-0.2, 0) is 34.1 Å². The van der Waals surface area contributed by atoms with Crippen molar-refractivity contribution in [3.05, 3.63) is 34.9 Å². The van der Waals surface area contributed by atoms with Gasteiger partial charge in [-0.15, -0.1) is 0 Å². The number of hydrogen-bond acceptors (Lipinski definition) is 3. The highest BCUT2D eigenvalue weighted by Crippen LogP contribution is 2.23. The van der Waals surface area contributed by atoms with Crippen molar-refractivity contribution >= 4 is 15.9 Å². The molecule has 1 aliphatic heterocycles. The smallest absolute Gasteiger partial charge is 0.227 e. The summed E-state index contributed by atoms with van der Waals surface area (Å²) in [7, 11) is -3.18. The zero-order valence-corrected chi connectivity index (χ0v) is 15.9. The van der Waals surface area contributed by atoms with E-state index in [0.29, 0.717) is 45.4 Å². The van der Waals surface area contributed by atoms with E-state index in [-0.39, 0.29) is 11.7 Å². The number of carbonyl (C=O) groups excluding carboxylic acids is 1. The Balaban J connectivity index is 1.60. The molecular weight excluding hydrogens is 336 g/mol. The van der Waals surface area contributed by atoms with Gasteiger partial charge in [-0.25, -0.2) is 12.7 Å². The van der Waals surface area contributed by atoms with Gasteiger partial charge in [0.05, 0.1) is 12.2 Å². The summed E-state index contributed by atoms with van der Waals surface area (Å²) in [5.74, 6) is 0.295. The van der Waals surface area contributed by atoms with Gasteiger partial charge in [-0.2, -0.15) is 0 Å². The molecule has 2 aliphatic rings. The number of nitrogens with zero attached hydrogens (tertiary/aromatic N) is 2. The van der Waals surface area contributed by atoms with Crippen LogP contribution >= 0.6 is 0 Å². The minimum Gasteiger partial charge on any atom is -0.341 e. The number of sulfonamides is 1. The van der Waals surface area contributed by atoms with Crippen LogP contribution in [0.2, 0.25) is 0 Å². The fourth-order valence-electron chi connectivity index (χ4n) is 3.83. The van der Waals surface area contributed by atoms with E-state index in [1.54, 1.807) is 4.31 Å². The molecule has 1 heterocycles. The molecule has 0 unspecified atom stereocenters. The summed E-state index contributed by atoms with van der Waals surface area (Å²) < 4.78 is 26.0. The number of carbonyl (C=O) groups is 1. The second-order valence-corrected chi connectivity index (χ2v) is 9.17. The standard InChI is InChI=1S/C19H28N2O3S/c1-2-13-25(23,24)21-10-4-9-20(11-12-21)19(22)15-16-7-8-17-5-3-6-18(17)14-16/h7-8,14H,2-6,9-13,15H2,1H3. The fourth-order valence-corrected chi connectivity index (χ4v) is 5.37. The monoisotopic (exact) mass is 364 g/mol. The van der Waals surface area contributed by atoms with Crippen molar-refractivity contribution in [2.24, 2.45) is 0 Å². The van der Waals surface area contributed by atoms with Gasteiger partial charge >= 0.3 is 0 Å². The van der Waals surface area contributed by atoms with Crippen molar-refractivity contribution in [1.29, 1.82) is 0 Å². The van der Waals surface area contributed by atoms with E-state index in [2.05, 4.69) is 18.2 Å². The summed E-state index contributed by atoms with van der Waals surface area (Å²) in [4.78, 5) is 14.5. The molecule has 1 aromatic carbocycles. The predicted molar refractivity (Wildman–Crippen MR) is 99.0 cm³/mol. The molecule has 0 atom stereocenters. The van der Waals surface area contributed by atoms with E-state index in [1.165, 1.54) is 17.5 Å². The summed E-state index contributed by atoms with van der Waals surface area (Å²) in [6.07, 6.45) is 5.22. The molecule has 0 spiro atoms. The molecule has 0 saturated carbocycles. The van der Waals surface area contributed by atoms with Crippen LogP contribution in [-0.4, -0.2) is 55.5 Å². The van der Waals surface area contributed by atoms with Crippen molar-refractivity contribution in [3.8, 4) is 0 Å². The molecule has 0 N–H and O–H groups in total. The van der Waals surface area contributed by atoms with Gasteiger partial charge in [0.2, 0.25) is 15.9 Å². The van der Waals surface area contributed by atoms with E-state index in [1.807, 2.05) is 11.8 Å². The highest BCUT2D eigenvalue weighted by atomic mass is 32.2. The van der Waals surface area contributed by atoms with Crippen molar-refractivity contribution in [3.63, 3.8) is 0 Å². The number of fused-ring (bicyclic) bond motifs is 1. The maximum absolute atomic E-state index is 12.7. The number of hydrogen-bond donors (Lipinski definition) is 0. The summed E-state index contributed by atoms with van der Waals surface area (Å²) >= 11 is 0. The third-order valence-electron chi connectivity index (χ3n) is 5.18. The topological polar surface area (TPSA) is 57.7 Å². The molecule has 25 heavy (non-hydrogen) atoms. The molecule has 1 fully saturated rings. The van der Waals surface area contributed by atoms with E-state index in [0.717, 1.165) is 18.4 Å². The number of amides is 1. The highest BCUT2D eigenvalue weighted by Gasteiger charge is 2.26. The van der Waals surface area contributed by atoms with Crippen LogP contribution in [0.5, 0.6) is 0 Å². The lowest BCUT2D eigenvalue weighted by molar-refractivity contribution is -0.130. The van der Waals surface area contributed by atoms with E-state index in [9.17, 15) is 13.2 Å². The second-order valence-electron chi connectivity index (χ2n) is 7.08. The molecule has 1 saturated heterocycles. The van der Waals surface area contributed by atoms with Crippen molar-refractivity contribution < 1.29 is 13.2 Å². The van der Waals surface area contributed by atoms with Crippen LogP contribution in [0.4, 0.5) is 0 Å². The van der Waals surface area contributed by atoms with E-state index >= 15 is 0 Å². The minimum atomic E-state index is -3.18. The Kier molecular flexibility index (Phi) is 5.79. The summed E-state index contributed by atoms with van der Waals surface area (Å²) in [6.45, 7) is 3.94. The van der Waals surface area contributed by atoms with Crippen LogP contribution in [0.1, 0.15) is 42.9 Å². The first-order chi connectivity index (χ1) is 12.0. The summed E-state index contributed by atoms with van der Waals surface area (Å²) in [6, 6.07) is 6.40. The first-order valence-corrected chi connectivity index (χ1v) is 11.0. The quantitative estimate of drug-likeness (QED) is 0.803. The van der Waals surface area contributed by atoms with Crippen LogP contribution in [0.25, 0.3) is 0 Å². The molecule has 5 nitrogen and oxygen atoms in total. The predicted octanol–water partition coefficient (Wildman–Crippen LogP) is 1.99. The second kappa shape index (κ2) is 7.87. The molecule has 1 amide bonds. The average molecular weight is 365 g/mol. The maximum Gasteiger partial charge on any atom is 0.227 e. The van der Waals surface area contributed by atoms with Gasteiger partial charge in [0.1, 0.15) is 0 Å². The maximum atomic E-state index is 12.7. The summed E-state index contributed by atoms with van der Waals surface area (Å²) in [5.41, 5.74) is 3.88. The van der Waals surface area contributed by atoms with Crippen molar-refractivity contribution in [2.45, 2.75) is 45.4 Å². The van der Waals surface area contributed by atoms with Crippen LogP contribution < -0.4 is 0 Å². The lowest BCUT2D eigenvalue weighted by atomic mass is 10.0. The Morgan fingerprint density at radius 3 is 2.64 bits per heavy atom. The molecule has 0 radical (unpaired) electrons. The molecule has 0 bridgehead atoms.